The van der Waals surface area contributed by atoms with Gasteiger partial charge in [-0.25, -0.2) is 0 Å². The number of nitrogens with zero attached hydrogens (tertiary/aromatic N) is 2. The molecule has 0 unspecified atom stereocenters. The summed E-state index contributed by atoms with van der Waals surface area (Å²) in [6, 6.07) is 14.0. The molecule has 0 saturated carbocycles. The Labute approximate surface area is 166 Å². The molecular formula is C23H27N3O2. The normalized spacial score (nSPS) is 18.0. The molecule has 0 aliphatic carbocycles. The van der Waals surface area contributed by atoms with Crippen LogP contribution in [0.15, 0.2) is 42.5 Å². The number of carbonyl (C=O) groups excluding carboxylic acids is 2. The average Bonchev–Trinajstić information content (AvgIpc) is 2.68. The highest BCUT2D eigenvalue weighted by atomic mass is 16.2. The van der Waals surface area contributed by atoms with E-state index in [1.54, 1.807) is 0 Å². The van der Waals surface area contributed by atoms with Crippen molar-refractivity contribution in [2.75, 3.05) is 25.0 Å². The first-order valence-electron chi connectivity index (χ1n) is 9.89. The van der Waals surface area contributed by atoms with Crippen molar-refractivity contribution in [3.05, 3.63) is 64.7 Å². The van der Waals surface area contributed by atoms with E-state index in [0.717, 1.165) is 40.8 Å². The second-order valence-electron chi connectivity index (χ2n) is 8.05. The molecule has 4 rings (SSSR count). The molecule has 0 radical (unpaired) electrons. The quantitative estimate of drug-likeness (QED) is 0.875. The van der Waals surface area contributed by atoms with Crippen LogP contribution in [-0.4, -0.2) is 42.5 Å². The van der Waals surface area contributed by atoms with E-state index >= 15 is 0 Å². The number of amides is 2. The molecule has 0 aromatic heterocycles. The molecule has 1 spiro atoms. The average molecular weight is 377 g/mol. The topological polar surface area (TPSA) is 52.7 Å². The van der Waals surface area contributed by atoms with Gasteiger partial charge in [0.2, 0.25) is 5.91 Å². The second-order valence-corrected chi connectivity index (χ2v) is 8.05. The lowest BCUT2D eigenvalue weighted by molar-refractivity contribution is -0.132. The highest BCUT2D eigenvalue weighted by Gasteiger charge is 2.44. The van der Waals surface area contributed by atoms with E-state index in [1.807, 2.05) is 68.3 Å². The molecule has 0 atom stereocenters. The van der Waals surface area contributed by atoms with Crippen LogP contribution >= 0.6 is 0 Å². The first-order chi connectivity index (χ1) is 13.4. The number of aryl methyl sites for hydroxylation is 2. The minimum Gasteiger partial charge on any atom is -0.351 e. The lowest BCUT2D eigenvalue weighted by atomic mass is 9.89. The number of hydrogen-bond acceptors (Lipinski definition) is 3. The summed E-state index contributed by atoms with van der Waals surface area (Å²) in [5.74, 6) is 0.140. The van der Waals surface area contributed by atoms with E-state index in [1.165, 1.54) is 0 Å². The molecule has 2 aromatic rings. The predicted molar refractivity (Wildman–Crippen MR) is 110 cm³/mol. The fourth-order valence-corrected chi connectivity index (χ4v) is 4.39. The van der Waals surface area contributed by atoms with E-state index in [0.29, 0.717) is 19.5 Å². The molecule has 146 valence electrons. The van der Waals surface area contributed by atoms with Gasteiger partial charge in [0.25, 0.3) is 5.91 Å². The van der Waals surface area contributed by atoms with Crippen LogP contribution in [-0.2, 0) is 11.2 Å². The molecule has 5 nitrogen and oxygen atoms in total. The van der Waals surface area contributed by atoms with Crippen LogP contribution in [0.4, 0.5) is 5.69 Å². The van der Waals surface area contributed by atoms with E-state index in [-0.39, 0.29) is 11.8 Å². The number of fused-ring (bicyclic) bond motifs is 1. The maximum absolute atomic E-state index is 12.8. The fourth-order valence-electron chi connectivity index (χ4n) is 4.39. The maximum Gasteiger partial charge on any atom is 0.255 e. The minimum atomic E-state index is -0.418. The van der Waals surface area contributed by atoms with Crippen LogP contribution in [0.3, 0.4) is 0 Å². The Morgan fingerprint density at radius 1 is 1.11 bits per heavy atom. The Morgan fingerprint density at radius 3 is 2.54 bits per heavy atom. The first-order valence-corrected chi connectivity index (χ1v) is 9.89. The van der Waals surface area contributed by atoms with Crippen LogP contribution in [0.5, 0.6) is 0 Å². The lowest BCUT2D eigenvalue weighted by Gasteiger charge is -2.51. The Kier molecular flexibility index (Phi) is 4.61. The third-order valence-electron chi connectivity index (χ3n) is 6.29. The molecule has 1 saturated heterocycles. The van der Waals surface area contributed by atoms with Crippen LogP contribution in [0.1, 0.15) is 39.9 Å². The molecule has 1 fully saturated rings. The molecule has 0 bridgehead atoms. The van der Waals surface area contributed by atoms with Crippen LogP contribution in [0.25, 0.3) is 0 Å². The van der Waals surface area contributed by atoms with Crippen LogP contribution < -0.4 is 10.2 Å². The van der Waals surface area contributed by atoms with Crippen molar-refractivity contribution >= 4 is 17.5 Å². The van der Waals surface area contributed by atoms with Crippen molar-refractivity contribution in [1.29, 1.82) is 0 Å². The number of piperidine rings is 1. The van der Waals surface area contributed by atoms with E-state index < -0.39 is 5.66 Å². The summed E-state index contributed by atoms with van der Waals surface area (Å²) in [5, 5.41) is 3.23. The summed E-state index contributed by atoms with van der Waals surface area (Å²) in [6.45, 7) is 5.34. The van der Waals surface area contributed by atoms with Crippen molar-refractivity contribution in [2.24, 2.45) is 0 Å². The largest absolute Gasteiger partial charge is 0.351 e. The number of rotatable bonds is 2. The lowest BCUT2D eigenvalue weighted by Crippen LogP contribution is -2.67. The van der Waals surface area contributed by atoms with Gasteiger partial charge in [-0.1, -0.05) is 35.9 Å². The smallest absolute Gasteiger partial charge is 0.255 e. The molecule has 2 aromatic carbocycles. The Morgan fingerprint density at radius 2 is 1.82 bits per heavy atom. The summed E-state index contributed by atoms with van der Waals surface area (Å²) in [7, 11) is 2.04. The monoisotopic (exact) mass is 377 g/mol. The van der Waals surface area contributed by atoms with Crippen molar-refractivity contribution < 1.29 is 9.59 Å². The summed E-state index contributed by atoms with van der Waals surface area (Å²) in [5.41, 5.74) is 4.59. The van der Waals surface area contributed by atoms with Gasteiger partial charge in [-0.2, -0.15) is 0 Å². The van der Waals surface area contributed by atoms with Gasteiger partial charge in [0.05, 0.1) is 17.7 Å². The molecular weight excluding hydrogens is 350 g/mol. The van der Waals surface area contributed by atoms with Crippen molar-refractivity contribution in [3.63, 3.8) is 0 Å². The van der Waals surface area contributed by atoms with Gasteiger partial charge in [0.1, 0.15) is 5.66 Å². The standard InChI is InChI=1S/C23H27N3O2/c1-16-8-9-20-19(14-16)22(28)24-23(25(20)3)10-12-26(13-11-23)21(27)15-18-7-5-4-6-17(18)2/h4-9,14H,10-13,15H2,1-3H3,(H,24,28). The minimum absolute atomic E-state index is 0.0171. The number of benzene rings is 2. The number of carbonyl (C=O) groups is 2. The van der Waals surface area contributed by atoms with Gasteiger partial charge in [-0.3, -0.25) is 9.59 Å². The molecule has 2 aliphatic heterocycles. The van der Waals surface area contributed by atoms with Crippen LogP contribution in [0.2, 0.25) is 0 Å². The van der Waals surface area contributed by atoms with Crippen molar-refractivity contribution in [2.45, 2.75) is 38.8 Å². The molecule has 5 heteroatoms. The highest BCUT2D eigenvalue weighted by Crippen LogP contribution is 2.36. The highest BCUT2D eigenvalue weighted by molar-refractivity contribution is 6.02. The van der Waals surface area contributed by atoms with Gasteiger partial charge in [0.15, 0.2) is 0 Å². The van der Waals surface area contributed by atoms with Crippen molar-refractivity contribution in [3.8, 4) is 0 Å². The molecule has 1 N–H and O–H groups in total. The summed E-state index contributed by atoms with van der Waals surface area (Å²) in [6.07, 6.45) is 1.88. The fraction of sp³-hybridized carbons (Fsp3) is 0.391. The van der Waals surface area contributed by atoms with Gasteiger partial charge in [0, 0.05) is 33.0 Å². The second kappa shape index (κ2) is 6.97. The van der Waals surface area contributed by atoms with Gasteiger partial charge < -0.3 is 15.1 Å². The molecule has 2 heterocycles. The zero-order valence-electron chi connectivity index (χ0n) is 16.8. The maximum atomic E-state index is 12.8. The Bertz CT molecular complexity index is 929. The van der Waals surface area contributed by atoms with Gasteiger partial charge >= 0.3 is 0 Å². The number of anilines is 1. The number of hydrogen-bond donors (Lipinski definition) is 1. The molecule has 2 amide bonds. The zero-order chi connectivity index (χ0) is 19.9. The van der Waals surface area contributed by atoms with Gasteiger partial charge in [-0.05, 0) is 37.1 Å². The third kappa shape index (κ3) is 3.15. The third-order valence-corrected chi connectivity index (χ3v) is 6.29. The number of likely N-dealkylation sites (tertiary alicyclic amines) is 1. The van der Waals surface area contributed by atoms with Crippen molar-refractivity contribution in [1.82, 2.24) is 10.2 Å². The summed E-state index contributed by atoms with van der Waals surface area (Å²) >= 11 is 0. The summed E-state index contributed by atoms with van der Waals surface area (Å²) in [4.78, 5) is 29.6. The summed E-state index contributed by atoms with van der Waals surface area (Å²) < 4.78 is 0. The zero-order valence-corrected chi connectivity index (χ0v) is 16.8. The molecule has 28 heavy (non-hydrogen) atoms. The predicted octanol–water partition coefficient (Wildman–Crippen LogP) is 3.04. The Hall–Kier alpha value is -2.82. The van der Waals surface area contributed by atoms with E-state index in [4.69, 9.17) is 0 Å². The van der Waals surface area contributed by atoms with Gasteiger partial charge in [-0.15, -0.1) is 0 Å². The molecule has 2 aliphatic rings. The number of nitrogens with one attached hydrogen (secondary N) is 1. The van der Waals surface area contributed by atoms with Crippen LogP contribution in [0, 0.1) is 13.8 Å². The first kappa shape index (κ1) is 18.5. The SMILES string of the molecule is Cc1ccc2c(c1)C(=O)NC1(CCN(C(=O)Cc3ccccc3C)CC1)N2C. The Balaban J connectivity index is 1.48. The van der Waals surface area contributed by atoms with E-state index in [2.05, 4.69) is 10.2 Å². The van der Waals surface area contributed by atoms with E-state index in [9.17, 15) is 9.59 Å².